The van der Waals surface area contributed by atoms with Gasteiger partial charge in [0.15, 0.2) is 0 Å². The fraction of sp³-hybridized carbons (Fsp3) is 0.714. The second-order valence-corrected chi connectivity index (χ2v) is 2.41. The Morgan fingerprint density at radius 2 is 2.64 bits per heavy atom. The van der Waals surface area contributed by atoms with Gasteiger partial charge in [0.25, 0.3) is 0 Å². The average Bonchev–Trinajstić information content (AvgIpc) is 2.36. The Hall–Kier alpha value is -1.06. The number of amides is 1. The van der Waals surface area contributed by atoms with Crippen molar-refractivity contribution in [2.45, 2.75) is 25.8 Å². The molecule has 0 radical (unpaired) electrons. The van der Waals surface area contributed by atoms with E-state index in [9.17, 15) is 9.59 Å². The molecule has 1 unspecified atom stereocenters. The van der Waals surface area contributed by atoms with Gasteiger partial charge in [-0.25, -0.2) is 4.79 Å². The highest BCUT2D eigenvalue weighted by molar-refractivity contribution is 5.87. The van der Waals surface area contributed by atoms with Gasteiger partial charge in [-0.15, -0.1) is 0 Å². The van der Waals surface area contributed by atoms with Gasteiger partial charge in [-0.1, -0.05) is 0 Å². The van der Waals surface area contributed by atoms with Crippen LogP contribution in [0.2, 0.25) is 0 Å². The normalized spacial score (nSPS) is 23.0. The van der Waals surface area contributed by atoms with Gasteiger partial charge in [0, 0.05) is 7.85 Å². The van der Waals surface area contributed by atoms with Crippen molar-refractivity contribution >= 4 is 11.9 Å². The van der Waals surface area contributed by atoms with Crippen LogP contribution in [0.1, 0.15) is 21.2 Å². The minimum Gasteiger partial charge on any atom is -0.464 e. The zero-order chi connectivity index (χ0) is 8.27. The van der Waals surface area contributed by atoms with Crippen LogP contribution >= 0.6 is 0 Å². The molecule has 1 saturated heterocycles. The highest BCUT2D eigenvalue weighted by atomic mass is 16.5. The van der Waals surface area contributed by atoms with Crippen LogP contribution in [0.5, 0.6) is 0 Å². The molecule has 1 heterocycles. The minimum atomic E-state index is -0.401. The van der Waals surface area contributed by atoms with E-state index in [2.05, 4.69) is 5.32 Å². The lowest BCUT2D eigenvalue weighted by atomic mass is 10.2. The Morgan fingerprint density at radius 1 is 1.91 bits per heavy atom. The van der Waals surface area contributed by atoms with Crippen molar-refractivity contribution in [1.29, 1.82) is 0 Å². The lowest BCUT2D eigenvalue weighted by Gasteiger charge is -2.07. The topological polar surface area (TPSA) is 55.4 Å². The molecule has 1 rings (SSSR count). The van der Waals surface area contributed by atoms with Crippen molar-refractivity contribution in [3.05, 3.63) is 0 Å². The summed E-state index contributed by atoms with van der Waals surface area (Å²) in [7, 11) is 0. The van der Waals surface area contributed by atoms with Gasteiger partial charge in [0.05, 0.1) is 6.61 Å². The zero-order valence-electron chi connectivity index (χ0n) is 6.42. The largest absolute Gasteiger partial charge is 0.464 e. The van der Waals surface area contributed by atoms with E-state index in [1.807, 2.05) is 0 Å². The van der Waals surface area contributed by atoms with Crippen molar-refractivity contribution in [1.82, 2.24) is 5.32 Å². The first-order valence-corrected chi connectivity index (χ1v) is 3.70. The summed E-state index contributed by atoms with van der Waals surface area (Å²) in [5, 5.41) is 2.52. The first kappa shape index (κ1) is 8.04. The third-order valence-electron chi connectivity index (χ3n) is 1.57. The van der Waals surface area contributed by atoms with Crippen LogP contribution in [0.25, 0.3) is 0 Å². The van der Waals surface area contributed by atoms with Gasteiger partial charge in [0.1, 0.15) is 6.04 Å². The van der Waals surface area contributed by atoms with E-state index in [1.165, 1.54) is 0 Å². The average molecular weight is 159 g/mol. The summed E-state index contributed by atoms with van der Waals surface area (Å²) in [6.45, 7) is 2.11. The SMILES string of the molecule is CCOC(=O)C1CCC(=O)N1.[HH]. The van der Waals surface area contributed by atoms with Crippen LogP contribution in [-0.4, -0.2) is 24.5 Å². The van der Waals surface area contributed by atoms with E-state index in [0.717, 1.165) is 0 Å². The van der Waals surface area contributed by atoms with Crippen LogP contribution < -0.4 is 5.32 Å². The van der Waals surface area contributed by atoms with Crippen LogP contribution in [0.15, 0.2) is 0 Å². The van der Waals surface area contributed by atoms with E-state index < -0.39 is 6.04 Å². The Balaban J connectivity index is 0.00000121. The summed E-state index contributed by atoms with van der Waals surface area (Å²) >= 11 is 0. The van der Waals surface area contributed by atoms with Gasteiger partial charge >= 0.3 is 5.97 Å². The van der Waals surface area contributed by atoms with E-state index in [0.29, 0.717) is 19.4 Å². The highest BCUT2D eigenvalue weighted by Crippen LogP contribution is 2.07. The fourth-order valence-electron chi connectivity index (χ4n) is 1.03. The minimum absolute atomic E-state index is 0. The molecule has 4 nitrogen and oxygen atoms in total. The van der Waals surface area contributed by atoms with E-state index in [-0.39, 0.29) is 13.3 Å². The monoisotopic (exact) mass is 159 g/mol. The molecular weight excluding hydrogens is 146 g/mol. The third kappa shape index (κ3) is 1.93. The second-order valence-electron chi connectivity index (χ2n) is 2.41. The number of nitrogens with one attached hydrogen (secondary N) is 1. The van der Waals surface area contributed by atoms with Gasteiger partial charge in [-0.2, -0.15) is 0 Å². The molecular formula is C7H13NO3. The van der Waals surface area contributed by atoms with Crippen LogP contribution in [-0.2, 0) is 14.3 Å². The molecule has 64 valence electrons. The number of carbonyl (C=O) groups is 2. The predicted molar refractivity (Wildman–Crippen MR) is 39.9 cm³/mol. The molecule has 0 bridgehead atoms. The Kier molecular flexibility index (Phi) is 2.46. The van der Waals surface area contributed by atoms with Gasteiger partial charge < -0.3 is 10.1 Å². The summed E-state index contributed by atoms with van der Waals surface area (Å²) in [5.74, 6) is -0.388. The molecule has 0 aromatic heterocycles. The number of carbonyl (C=O) groups excluding carboxylic acids is 2. The Bertz CT molecular complexity index is 183. The number of rotatable bonds is 2. The second kappa shape index (κ2) is 3.37. The maximum absolute atomic E-state index is 11.0. The summed E-state index contributed by atoms with van der Waals surface area (Å²) in [5.41, 5.74) is 0. The van der Waals surface area contributed by atoms with E-state index in [1.54, 1.807) is 6.92 Å². The number of hydrogen-bond donors (Lipinski definition) is 1. The molecule has 1 amide bonds. The zero-order valence-corrected chi connectivity index (χ0v) is 6.42. The van der Waals surface area contributed by atoms with Crippen molar-refractivity contribution in [2.24, 2.45) is 0 Å². The van der Waals surface area contributed by atoms with E-state index in [4.69, 9.17) is 4.74 Å². The number of hydrogen-bond acceptors (Lipinski definition) is 3. The molecule has 0 aliphatic carbocycles. The first-order valence-electron chi connectivity index (χ1n) is 3.70. The molecule has 0 spiro atoms. The van der Waals surface area contributed by atoms with Crippen molar-refractivity contribution < 1.29 is 15.8 Å². The van der Waals surface area contributed by atoms with E-state index >= 15 is 0 Å². The Labute approximate surface area is 66.4 Å². The van der Waals surface area contributed by atoms with Crippen LogP contribution in [0, 0.1) is 0 Å². The molecule has 0 aromatic rings. The van der Waals surface area contributed by atoms with Crippen molar-refractivity contribution in [2.75, 3.05) is 6.61 Å². The van der Waals surface area contributed by atoms with Crippen LogP contribution in [0.4, 0.5) is 0 Å². The number of esters is 1. The molecule has 1 aliphatic heterocycles. The smallest absolute Gasteiger partial charge is 0.328 e. The lowest BCUT2D eigenvalue weighted by Crippen LogP contribution is -2.34. The predicted octanol–water partition coefficient (Wildman–Crippen LogP) is 0.0741. The van der Waals surface area contributed by atoms with Crippen molar-refractivity contribution in [3.8, 4) is 0 Å². The Morgan fingerprint density at radius 3 is 3.09 bits per heavy atom. The van der Waals surface area contributed by atoms with Crippen molar-refractivity contribution in [3.63, 3.8) is 0 Å². The number of ether oxygens (including phenoxy) is 1. The highest BCUT2D eigenvalue weighted by Gasteiger charge is 2.27. The molecule has 1 aliphatic rings. The standard InChI is InChI=1S/C7H11NO3.H2/c1-2-11-7(10)5-3-4-6(9)8-5;/h5H,2-4H2,1H3,(H,8,9);1H. The van der Waals surface area contributed by atoms with Gasteiger partial charge in [-0.3, -0.25) is 4.79 Å². The maximum Gasteiger partial charge on any atom is 0.328 e. The lowest BCUT2D eigenvalue weighted by molar-refractivity contribution is -0.145. The third-order valence-corrected chi connectivity index (χ3v) is 1.57. The quantitative estimate of drug-likeness (QED) is 0.580. The summed E-state index contributed by atoms with van der Waals surface area (Å²) in [6.07, 6.45) is 1.00. The van der Waals surface area contributed by atoms with Crippen LogP contribution in [0.3, 0.4) is 0 Å². The summed E-state index contributed by atoms with van der Waals surface area (Å²) in [4.78, 5) is 21.6. The van der Waals surface area contributed by atoms with Gasteiger partial charge in [-0.05, 0) is 13.3 Å². The van der Waals surface area contributed by atoms with Gasteiger partial charge in [0.2, 0.25) is 5.91 Å². The molecule has 0 aromatic carbocycles. The molecule has 1 atom stereocenters. The molecule has 1 N–H and O–H groups in total. The molecule has 0 saturated carbocycles. The molecule has 1 fully saturated rings. The molecule has 11 heavy (non-hydrogen) atoms. The summed E-state index contributed by atoms with van der Waals surface area (Å²) < 4.78 is 4.72. The fourth-order valence-corrected chi connectivity index (χ4v) is 1.03. The first-order chi connectivity index (χ1) is 5.24. The maximum atomic E-state index is 11.0. The summed E-state index contributed by atoms with van der Waals surface area (Å²) in [6, 6.07) is -0.401. The molecule has 4 heteroatoms.